The molecule has 2 aromatic rings. The fraction of sp³-hybridized carbons (Fsp3) is 0.690. The van der Waals surface area contributed by atoms with Crippen molar-refractivity contribution in [3.05, 3.63) is 36.5 Å². The van der Waals surface area contributed by atoms with Crippen LogP contribution in [0, 0.1) is 34.5 Å². The van der Waals surface area contributed by atoms with E-state index in [4.69, 9.17) is 4.98 Å². The fourth-order valence-corrected chi connectivity index (χ4v) is 11.2. The van der Waals surface area contributed by atoms with E-state index in [0.29, 0.717) is 11.3 Å². The highest BCUT2D eigenvalue weighted by Gasteiger charge is 2.64. The van der Waals surface area contributed by atoms with Crippen molar-refractivity contribution in [1.82, 2.24) is 4.98 Å². The predicted molar refractivity (Wildman–Crippen MR) is 140 cm³/mol. The number of aliphatic hydroxyl groups is 1. The molecular formula is C29H39NOS2. The lowest BCUT2D eigenvalue weighted by Crippen LogP contribution is -2.56. The molecule has 0 spiro atoms. The Bertz CT molecular complexity index is 991. The predicted octanol–water partition coefficient (Wildman–Crippen LogP) is 8.07. The average Bonchev–Trinajstić information content (AvgIpc) is 3.41. The van der Waals surface area contributed by atoms with E-state index in [1.807, 2.05) is 6.20 Å². The number of benzene rings is 1. The van der Waals surface area contributed by atoms with Crippen molar-refractivity contribution in [3.8, 4) is 10.4 Å². The van der Waals surface area contributed by atoms with Crippen molar-refractivity contribution < 1.29 is 5.11 Å². The van der Waals surface area contributed by atoms with E-state index < -0.39 is 5.60 Å². The second-order valence-corrected chi connectivity index (χ2v) is 14.3. The van der Waals surface area contributed by atoms with Gasteiger partial charge in [-0.3, -0.25) is 0 Å². The topological polar surface area (TPSA) is 33.1 Å². The summed E-state index contributed by atoms with van der Waals surface area (Å²) in [5.74, 6) is 4.21. The molecule has 0 radical (unpaired) electrons. The van der Waals surface area contributed by atoms with Gasteiger partial charge in [-0.2, -0.15) is 0 Å². The number of aromatic nitrogens is 1. The molecule has 1 aromatic heterocycles. The molecule has 7 atom stereocenters. The fourth-order valence-electron chi connectivity index (χ4n) is 8.88. The van der Waals surface area contributed by atoms with Crippen LogP contribution in [0.15, 0.2) is 40.9 Å². The monoisotopic (exact) mass is 481 g/mol. The maximum absolute atomic E-state index is 12.1. The van der Waals surface area contributed by atoms with Gasteiger partial charge >= 0.3 is 0 Å². The Morgan fingerprint density at radius 2 is 1.79 bits per heavy atom. The standard InChI is InChI=1S/C29H39NOS2/c1-27-15-7-6-10-21(27)11-12-22-23(27)13-16-28(2)24(22)14-17-29(28,31)19-32-26-30-18-25(33-26)20-8-4-3-5-9-20/h3-5,8-9,18,21-24,31H,6-7,10-17,19H2,1-2H3/t21-,22+,23-,24-,27+,28-,29-/m1/s1. The Kier molecular flexibility index (Phi) is 5.74. The number of thioether (sulfide) groups is 1. The Morgan fingerprint density at radius 3 is 2.64 bits per heavy atom. The van der Waals surface area contributed by atoms with E-state index in [1.165, 1.54) is 68.2 Å². The highest BCUT2D eigenvalue weighted by molar-refractivity contribution is 8.01. The van der Waals surface area contributed by atoms with Crippen molar-refractivity contribution in [2.45, 2.75) is 88.0 Å². The van der Waals surface area contributed by atoms with E-state index in [2.05, 4.69) is 44.2 Å². The molecule has 33 heavy (non-hydrogen) atoms. The molecule has 178 valence electrons. The molecule has 1 heterocycles. The van der Waals surface area contributed by atoms with Crippen LogP contribution in [0.4, 0.5) is 0 Å². The van der Waals surface area contributed by atoms with E-state index >= 15 is 0 Å². The highest BCUT2D eigenvalue weighted by Crippen LogP contribution is 2.68. The first-order valence-electron chi connectivity index (χ1n) is 13.3. The van der Waals surface area contributed by atoms with Crippen molar-refractivity contribution in [3.63, 3.8) is 0 Å². The summed E-state index contributed by atoms with van der Waals surface area (Å²) in [6.07, 6.45) is 15.4. The first-order chi connectivity index (χ1) is 15.9. The Hall–Kier alpha value is -0.840. The normalized spacial score (nSPS) is 42.4. The molecule has 0 saturated heterocycles. The zero-order chi connectivity index (χ0) is 22.7. The van der Waals surface area contributed by atoms with Gasteiger partial charge in [0.05, 0.1) is 10.5 Å². The van der Waals surface area contributed by atoms with Gasteiger partial charge in [-0.1, -0.05) is 68.8 Å². The zero-order valence-corrected chi connectivity index (χ0v) is 21.9. The summed E-state index contributed by atoms with van der Waals surface area (Å²) in [4.78, 5) is 5.92. The molecule has 4 aliphatic rings. The first-order valence-corrected chi connectivity index (χ1v) is 15.1. The van der Waals surface area contributed by atoms with E-state index in [1.54, 1.807) is 23.1 Å². The summed E-state index contributed by atoms with van der Waals surface area (Å²) in [5.41, 5.74) is 1.32. The highest BCUT2D eigenvalue weighted by atomic mass is 32.2. The molecule has 2 nitrogen and oxygen atoms in total. The molecular weight excluding hydrogens is 442 g/mol. The van der Waals surface area contributed by atoms with Gasteiger partial charge in [0.25, 0.3) is 0 Å². The summed E-state index contributed by atoms with van der Waals surface area (Å²) >= 11 is 3.56. The van der Waals surface area contributed by atoms with Gasteiger partial charge < -0.3 is 5.11 Å². The van der Waals surface area contributed by atoms with Gasteiger partial charge in [0.2, 0.25) is 0 Å². The third-order valence-electron chi connectivity index (χ3n) is 10.9. The molecule has 4 aliphatic carbocycles. The van der Waals surface area contributed by atoms with E-state index in [-0.39, 0.29) is 5.41 Å². The van der Waals surface area contributed by atoms with Crippen LogP contribution in [0.5, 0.6) is 0 Å². The second-order valence-electron chi connectivity index (χ2n) is 12.1. The van der Waals surface area contributed by atoms with Gasteiger partial charge in [0, 0.05) is 17.4 Å². The first kappa shape index (κ1) is 22.6. The molecule has 0 bridgehead atoms. The van der Waals surface area contributed by atoms with Gasteiger partial charge in [0.15, 0.2) is 0 Å². The summed E-state index contributed by atoms with van der Waals surface area (Å²) < 4.78 is 1.10. The zero-order valence-electron chi connectivity index (χ0n) is 20.3. The van der Waals surface area contributed by atoms with Crippen LogP contribution < -0.4 is 0 Å². The lowest BCUT2D eigenvalue weighted by Gasteiger charge is -2.61. The minimum atomic E-state index is -0.559. The summed E-state index contributed by atoms with van der Waals surface area (Å²) in [5, 5.41) is 12.1. The number of thiazole rings is 1. The van der Waals surface area contributed by atoms with Crippen LogP contribution in [0.1, 0.15) is 78.1 Å². The molecule has 6 rings (SSSR count). The van der Waals surface area contributed by atoms with Crippen molar-refractivity contribution in [2.75, 3.05) is 5.75 Å². The van der Waals surface area contributed by atoms with Crippen molar-refractivity contribution >= 4 is 23.1 Å². The molecule has 4 saturated carbocycles. The SMILES string of the molecule is C[C@]12CCCC[C@@H]1CC[C@H]1[C@H]2CC[C@]2(C)[C@@H]1CC[C@@]2(O)CSc1ncc(-c2ccccc2)s1. The average molecular weight is 482 g/mol. The largest absolute Gasteiger partial charge is 0.388 e. The minimum absolute atomic E-state index is 0.0680. The number of hydrogen-bond acceptors (Lipinski definition) is 4. The summed E-state index contributed by atoms with van der Waals surface area (Å²) in [6, 6.07) is 10.5. The number of rotatable bonds is 4. The van der Waals surface area contributed by atoms with Crippen LogP contribution in [-0.4, -0.2) is 21.4 Å². The van der Waals surface area contributed by atoms with Crippen LogP contribution in [0.2, 0.25) is 0 Å². The summed E-state index contributed by atoms with van der Waals surface area (Å²) in [7, 11) is 0. The number of nitrogens with zero attached hydrogens (tertiary/aromatic N) is 1. The van der Waals surface area contributed by atoms with Gasteiger partial charge in [-0.05, 0) is 86.0 Å². The quantitative estimate of drug-likeness (QED) is 0.448. The lowest BCUT2D eigenvalue weighted by molar-refractivity contribution is -0.143. The minimum Gasteiger partial charge on any atom is -0.388 e. The van der Waals surface area contributed by atoms with Crippen LogP contribution in [0.25, 0.3) is 10.4 Å². The lowest BCUT2D eigenvalue weighted by atomic mass is 9.44. The molecule has 0 aliphatic heterocycles. The van der Waals surface area contributed by atoms with Crippen LogP contribution >= 0.6 is 23.1 Å². The molecule has 0 unspecified atom stereocenters. The molecule has 0 amide bonds. The van der Waals surface area contributed by atoms with Gasteiger partial charge in [-0.25, -0.2) is 4.98 Å². The third-order valence-corrected chi connectivity index (χ3v) is 13.3. The Balaban J connectivity index is 1.18. The molecule has 1 N–H and O–H groups in total. The van der Waals surface area contributed by atoms with Crippen LogP contribution in [-0.2, 0) is 0 Å². The van der Waals surface area contributed by atoms with Gasteiger partial charge in [0.1, 0.15) is 4.34 Å². The maximum atomic E-state index is 12.1. The van der Waals surface area contributed by atoms with Crippen molar-refractivity contribution in [2.24, 2.45) is 34.5 Å². The van der Waals surface area contributed by atoms with Crippen LogP contribution in [0.3, 0.4) is 0 Å². The maximum Gasteiger partial charge on any atom is 0.150 e. The number of fused-ring (bicyclic) bond motifs is 5. The summed E-state index contributed by atoms with van der Waals surface area (Å²) in [6.45, 7) is 5.11. The molecule has 1 aromatic carbocycles. The Labute approximate surface area is 208 Å². The smallest absolute Gasteiger partial charge is 0.150 e. The van der Waals surface area contributed by atoms with Gasteiger partial charge in [-0.15, -0.1) is 11.3 Å². The van der Waals surface area contributed by atoms with Crippen molar-refractivity contribution in [1.29, 1.82) is 0 Å². The van der Waals surface area contributed by atoms with E-state index in [0.717, 1.165) is 34.3 Å². The second kappa shape index (κ2) is 8.38. The molecule has 4 fully saturated rings. The van der Waals surface area contributed by atoms with E-state index in [9.17, 15) is 5.11 Å². The third kappa shape index (κ3) is 3.57. The number of hydrogen-bond donors (Lipinski definition) is 1. The molecule has 4 heteroatoms. The Morgan fingerprint density at radius 1 is 0.970 bits per heavy atom.